The van der Waals surface area contributed by atoms with Gasteiger partial charge in [-0.15, -0.1) is 0 Å². The minimum Gasteiger partial charge on any atom is -0.478 e. The Bertz CT molecular complexity index is 671. The zero-order chi connectivity index (χ0) is 17.4. The zero-order valence-electron chi connectivity index (χ0n) is 13.5. The summed E-state index contributed by atoms with van der Waals surface area (Å²) in [5.41, 5.74) is 1.61. The maximum atomic E-state index is 12.7. The number of ether oxygens (including phenoxy) is 1. The minimum atomic E-state index is -1.01. The molecule has 0 saturated heterocycles. The molecule has 1 aromatic heterocycles. The van der Waals surface area contributed by atoms with Gasteiger partial charge in [-0.05, 0) is 48.4 Å². The number of carbonyl (C=O) groups is 2. The fourth-order valence-electron chi connectivity index (χ4n) is 2.30. The van der Waals surface area contributed by atoms with E-state index in [4.69, 9.17) is 9.84 Å². The Kier molecular flexibility index (Phi) is 6.45. The second-order valence-corrected chi connectivity index (χ2v) is 5.31. The Morgan fingerprint density at radius 3 is 2.29 bits per heavy atom. The lowest BCUT2D eigenvalue weighted by atomic mass is 10.1. The average molecular weight is 328 g/mol. The molecule has 0 fully saturated rings. The van der Waals surface area contributed by atoms with Gasteiger partial charge in [-0.3, -0.25) is 9.78 Å². The zero-order valence-corrected chi connectivity index (χ0v) is 13.5. The van der Waals surface area contributed by atoms with Gasteiger partial charge in [-0.1, -0.05) is 0 Å². The van der Waals surface area contributed by atoms with E-state index in [1.165, 1.54) is 12.1 Å². The molecule has 0 saturated carbocycles. The van der Waals surface area contributed by atoms with E-state index in [1.807, 2.05) is 12.1 Å². The van der Waals surface area contributed by atoms with Crippen molar-refractivity contribution in [2.24, 2.45) is 0 Å². The van der Waals surface area contributed by atoms with Crippen molar-refractivity contribution < 1.29 is 19.4 Å². The number of carboxylic acids is 1. The number of hydrogen-bond acceptors (Lipinski definition) is 4. The van der Waals surface area contributed by atoms with E-state index >= 15 is 0 Å². The number of nitrogens with zero attached hydrogens (tertiary/aromatic N) is 2. The molecule has 1 N–H and O–H groups in total. The van der Waals surface area contributed by atoms with Crippen LogP contribution in [-0.4, -0.2) is 47.1 Å². The highest BCUT2D eigenvalue weighted by Gasteiger charge is 2.16. The van der Waals surface area contributed by atoms with Crippen LogP contribution in [0.25, 0.3) is 0 Å². The molecular formula is C18H20N2O4. The first kappa shape index (κ1) is 17.6. The SMILES string of the molecule is COCCCN(Cc1ccncc1)C(=O)c1ccc(C(=O)O)cc1. The molecule has 6 heteroatoms. The number of rotatable bonds is 8. The highest BCUT2D eigenvalue weighted by atomic mass is 16.5. The second kappa shape index (κ2) is 8.79. The third kappa shape index (κ3) is 4.89. The van der Waals surface area contributed by atoms with Crippen molar-refractivity contribution in [1.29, 1.82) is 0 Å². The number of carboxylic acid groups (broad SMARTS) is 1. The molecule has 2 aromatic rings. The van der Waals surface area contributed by atoms with Crippen LogP contribution in [0, 0.1) is 0 Å². The van der Waals surface area contributed by atoms with E-state index < -0.39 is 5.97 Å². The van der Waals surface area contributed by atoms with Gasteiger partial charge >= 0.3 is 5.97 Å². The van der Waals surface area contributed by atoms with Crippen molar-refractivity contribution in [3.05, 3.63) is 65.5 Å². The van der Waals surface area contributed by atoms with E-state index in [-0.39, 0.29) is 11.5 Å². The van der Waals surface area contributed by atoms with Gasteiger partial charge in [-0.2, -0.15) is 0 Å². The largest absolute Gasteiger partial charge is 0.478 e. The van der Waals surface area contributed by atoms with Crippen LogP contribution in [-0.2, 0) is 11.3 Å². The number of aromatic nitrogens is 1. The first-order valence-electron chi connectivity index (χ1n) is 7.62. The molecule has 24 heavy (non-hydrogen) atoms. The van der Waals surface area contributed by atoms with Crippen LogP contribution in [0.5, 0.6) is 0 Å². The van der Waals surface area contributed by atoms with E-state index in [0.29, 0.717) is 25.3 Å². The maximum absolute atomic E-state index is 12.7. The van der Waals surface area contributed by atoms with Crippen molar-refractivity contribution in [2.45, 2.75) is 13.0 Å². The van der Waals surface area contributed by atoms with Gasteiger partial charge < -0.3 is 14.7 Å². The van der Waals surface area contributed by atoms with Gasteiger partial charge in [0.2, 0.25) is 0 Å². The molecule has 1 aromatic carbocycles. The molecule has 2 rings (SSSR count). The summed E-state index contributed by atoms with van der Waals surface area (Å²) in [5.74, 6) is -1.15. The van der Waals surface area contributed by atoms with E-state index in [1.54, 1.807) is 36.5 Å². The van der Waals surface area contributed by atoms with Crippen molar-refractivity contribution in [1.82, 2.24) is 9.88 Å². The van der Waals surface area contributed by atoms with E-state index in [2.05, 4.69) is 4.98 Å². The Labute approximate surface area is 140 Å². The molecule has 1 amide bonds. The molecular weight excluding hydrogens is 308 g/mol. The highest BCUT2D eigenvalue weighted by molar-refractivity contribution is 5.95. The quantitative estimate of drug-likeness (QED) is 0.753. The number of hydrogen-bond donors (Lipinski definition) is 1. The predicted molar refractivity (Wildman–Crippen MR) is 88.9 cm³/mol. The van der Waals surface area contributed by atoms with Crippen molar-refractivity contribution in [3.8, 4) is 0 Å². The first-order valence-corrected chi connectivity index (χ1v) is 7.62. The van der Waals surface area contributed by atoms with Crippen molar-refractivity contribution in [3.63, 3.8) is 0 Å². The molecule has 0 unspecified atom stereocenters. The fraction of sp³-hybridized carbons (Fsp3) is 0.278. The van der Waals surface area contributed by atoms with Gasteiger partial charge in [-0.25, -0.2) is 4.79 Å². The highest BCUT2D eigenvalue weighted by Crippen LogP contribution is 2.12. The number of amides is 1. The van der Waals surface area contributed by atoms with Crippen LogP contribution in [0.4, 0.5) is 0 Å². The van der Waals surface area contributed by atoms with Crippen LogP contribution in [0.2, 0.25) is 0 Å². The summed E-state index contributed by atoms with van der Waals surface area (Å²) in [7, 11) is 1.62. The van der Waals surface area contributed by atoms with Crippen LogP contribution in [0.1, 0.15) is 32.7 Å². The summed E-state index contributed by atoms with van der Waals surface area (Å²) >= 11 is 0. The molecule has 0 spiro atoms. The smallest absolute Gasteiger partial charge is 0.335 e. The number of aromatic carboxylic acids is 1. The predicted octanol–water partition coefficient (Wildman–Crippen LogP) is 2.46. The summed E-state index contributed by atoms with van der Waals surface area (Å²) in [6, 6.07) is 9.70. The molecule has 126 valence electrons. The maximum Gasteiger partial charge on any atom is 0.335 e. The lowest BCUT2D eigenvalue weighted by Gasteiger charge is -2.23. The normalized spacial score (nSPS) is 10.4. The lowest BCUT2D eigenvalue weighted by molar-refractivity contribution is 0.0691. The summed E-state index contributed by atoms with van der Waals surface area (Å²) < 4.78 is 5.06. The number of methoxy groups -OCH3 is 1. The first-order chi connectivity index (χ1) is 11.6. The van der Waals surface area contributed by atoms with Crippen LogP contribution in [0.15, 0.2) is 48.8 Å². The molecule has 0 atom stereocenters. The van der Waals surface area contributed by atoms with Crippen molar-refractivity contribution >= 4 is 11.9 Å². The summed E-state index contributed by atoms with van der Waals surface area (Å²) in [5, 5.41) is 8.95. The third-order valence-electron chi connectivity index (χ3n) is 3.57. The number of pyridine rings is 1. The molecule has 6 nitrogen and oxygen atoms in total. The lowest BCUT2D eigenvalue weighted by Crippen LogP contribution is -2.32. The van der Waals surface area contributed by atoms with Gasteiger partial charge in [0.1, 0.15) is 0 Å². The Morgan fingerprint density at radius 2 is 1.71 bits per heavy atom. The third-order valence-corrected chi connectivity index (χ3v) is 3.57. The van der Waals surface area contributed by atoms with Gasteiger partial charge in [0.05, 0.1) is 5.56 Å². The van der Waals surface area contributed by atoms with Crippen LogP contribution < -0.4 is 0 Å². The Hall–Kier alpha value is -2.73. The van der Waals surface area contributed by atoms with Crippen LogP contribution >= 0.6 is 0 Å². The molecule has 1 heterocycles. The summed E-state index contributed by atoms with van der Waals surface area (Å²) in [6.45, 7) is 1.58. The molecule has 0 aliphatic heterocycles. The number of benzene rings is 1. The monoisotopic (exact) mass is 328 g/mol. The average Bonchev–Trinajstić information content (AvgIpc) is 2.61. The second-order valence-electron chi connectivity index (χ2n) is 5.31. The Balaban J connectivity index is 2.14. The van der Waals surface area contributed by atoms with Crippen molar-refractivity contribution in [2.75, 3.05) is 20.3 Å². The van der Waals surface area contributed by atoms with Gasteiger partial charge in [0.25, 0.3) is 5.91 Å². The molecule has 0 bridgehead atoms. The topological polar surface area (TPSA) is 79.7 Å². The minimum absolute atomic E-state index is 0.139. The molecule has 0 radical (unpaired) electrons. The van der Waals surface area contributed by atoms with Gasteiger partial charge in [0.15, 0.2) is 0 Å². The fourth-order valence-corrected chi connectivity index (χ4v) is 2.30. The van der Waals surface area contributed by atoms with E-state index in [9.17, 15) is 9.59 Å². The van der Waals surface area contributed by atoms with Gasteiger partial charge in [0, 0.05) is 44.8 Å². The summed E-state index contributed by atoms with van der Waals surface area (Å²) in [4.78, 5) is 29.4. The standard InChI is InChI=1S/C18H20N2O4/c1-24-12-2-11-20(13-14-7-9-19-10-8-14)17(21)15-3-5-16(6-4-15)18(22)23/h3-10H,2,11-13H2,1H3,(H,22,23). The summed E-state index contributed by atoms with van der Waals surface area (Å²) in [6.07, 6.45) is 4.10. The molecule has 0 aliphatic rings. The Morgan fingerprint density at radius 1 is 1.08 bits per heavy atom. The van der Waals surface area contributed by atoms with E-state index in [0.717, 1.165) is 12.0 Å². The van der Waals surface area contributed by atoms with Crippen LogP contribution in [0.3, 0.4) is 0 Å². The molecule has 0 aliphatic carbocycles. The number of carbonyl (C=O) groups excluding carboxylic acids is 1.